The van der Waals surface area contributed by atoms with Crippen LogP contribution in [0.4, 0.5) is 0 Å². The molecule has 0 spiro atoms. The number of rotatable bonds is 5. The number of likely N-dealkylation sites (tertiary alicyclic amines) is 1. The van der Waals surface area contributed by atoms with Gasteiger partial charge in [-0.3, -0.25) is 14.7 Å². The number of nitrogens with zero attached hydrogens (tertiary/aromatic N) is 5. The number of hydrogen-bond acceptors (Lipinski definition) is 5. The van der Waals surface area contributed by atoms with Crippen LogP contribution in [-0.2, 0) is 0 Å². The van der Waals surface area contributed by atoms with Gasteiger partial charge < -0.3 is 9.80 Å². The second-order valence-electron chi connectivity index (χ2n) is 8.09. The normalized spacial score (nSPS) is 15.9. The van der Waals surface area contributed by atoms with Gasteiger partial charge >= 0.3 is 0 Å². The highest BCUT2D eigenvalue weighted by molar-refractivity contribution is 5.94. The van der Waals surface area contributed by atoms with E-state index in [4.69, 9.17) is 5.26 Å². The van der Waals surface area contributed by atoms with E-state index in [2.05, 4.69) is 21.1 Å². The van der Waals surface area contributed by atoms with Gasteiger partial charge in [0.05, 0.1) is 22.8 Å². The average Bonchev–Trinajstić information content (AvgIpc) is 3.39. The van der Waals surface area contributed by atoms with Gasteiger partial charge in [0.1, 0.15) is 0 Å². The van der Waals surface area contributed by atoms with E-state index in [-0.39, 0.29) is 11.5 Å². The number of aromatic amines is 1. The first-order chi connectivity index (χ1) is 15.0. The van der Waals surface area contributed by atoms with Crippen molar-refractivity contribution < 1.29 is 4.79 Å². The molecule has 0 aliphatic carbocycles. The third-order valence-electron chi connectivity index (χ3n) is 5.52. The van der Waals surface area contributed by atoms with E-state index in [0.29, 0.717) is 34.0 Å². The van der Waals surface area contributed by atoms with Gasteiger partial charge in [-0.05, 0) is 56.3 Å². The highest BCUT2D eigenvalue weighted by Gasteiger charge is 2.27. The topological polar surface area (TPSA) is 98.0 Å². The Morgan fingerprint density at radius 3 is 2.68 bits per heavy atom. The molecule has 1 fully saturated rings. The van der Waals surface area contributed by atoms with Crippen LogP contribution in [0.2, 0.25) is 0 Å². The average molecular weight is 416 g/mol. The van der Waals surface area contributed by atoms with Crippen molar-refractivity contribution in [1.29, 1.82) is 5.26 Å². The SMILES string of the molecule is CN(C)CC1CCN(C(=O)c2ccc(-n3[nH]cc(-c4ccc(C#N)cc4)c3=O)nc2)C1. The Balaban J connectivity index is 1.50. The minimum atomic E-state index is -0.248. The Kier molecular flexibility index (Phi) is 5.69. The van der Waals surface area contributed by atoms with Crippen molar-refractivity contribution in [3.63, 3.8) is 0 Å². The summed E-state index contributed by atoms with van der Waals surface area (Å²) >= 11 is 0. The van der Waals surface area contributed by atoms with Crippen LogP contribution in [-0.4, -0.2) is 64.2 Å². The molecule has 0 bridgehead atoms. The summed E-state index contributed by atoms with van der Waals surface area (Å²) in [5.74, 6) is 0.870. The lowest BCUT2D eigenvalue weighted by atomic mass is 10.1. The van der Waals surface area contributed by atoms with Gasteiger partial charge in [0.2, 0.25) is 0 Å². The van der Waals surface area contributed by atoms with E-state index in [0.717, 1.165) is 26.1 Å². The van der Waals surface area contributed by atoms with Crippen LogP contribution in [0.3, 0.4) is 0 Å². The van der Waals surface area contributed by atoms with Crippen LogP contribution >= 0.6 is 0 Å². The van der Waals surface area contributed by atoms with Gasteiger partial charge in [0.15, 0.2) is 5.82 Å². The summed E-state index contributed by atoms with van der Waals surface area (Å²) in [5.41, 5.74) is 2.00. The zero-order chi connectivity index (χ0) is 22.0. The lowest BCUT2D eigenvalue weighted by molar-refractivity contribution is 0.0784. The molecule has 158 valence electrons. The maximum atomic E-state index is 12.8. The smallest absolute Gasteiger partial charge is 0.280 e. The van der Waals surface area contributed by atoms with E-state index < -0.39 is 0 Å². The third-order valence-corrected chi connectivity index (χ3v) is 5.52. The van der Waals surface area contributed by atoms with Crippen molar-refractivity contribution >= 4 is 5.91 Å². The number of H-pyrrole nitrogens is 1. The van der Waals surface area contributed by atoms with Crippen molar-refractivity contribution in [1.82, 2.24) is 24.6 Å². The fourth-order valence-electron chi connectivity index (χ4n) is 3.98. The van der Waals surface area contributed by atoms with Gasteiger partial charge in [-0.25, -0.2) is 9.67 Å². The summed E-state index contributed by atoms with van der Waals surface area (Å²) in [6.07, 6.45) is 4.14. The van der Waals surface area contributed by atoms with E-state index in [1.165, 1.54) is 10.9 Å². The van der Waals surface area contributed by atoms with Gasteiger partial charge in [-0.1, -0.05) is 12.1 Å². The lowest BCUT2D eigenvalue weighted by Gasteiger charge is -2.18. The summed E-state index contributed by atoms with van der Waals surface area (Å²) in [4.78, 5) is 34.0. The predicted octanol–water partition coefficient (Wildman–Crippen LogP) is 2.12. The quantitative estimate of drug-likeness (QED) is 0.687. The maximum absolute atomic E-state index is 12.8. The van der Waals surface area contributed by atoms with Crippen LogP contribution in [0, 0.1) is 17.2 Å². The van der Waals surface area contributed by atoms with Crippen molar-refractivity contribution in [3.8, 4) is 23.0 Å². The standard InChI is InChI=1S/C23H24N6O2/c1-27(2)14-17-9-10-28(15-17)22(30)19-7-8-21(25-12-19)29-23(31)20(13-26-29)18-5-3-16(11-24)4-6-18/h3-8,12-13,17,26H,9-10,14-15H2,1-2H3. The van der Waals surface area contributed by atoms with E-state index in [9.17, 15) is 9.59 Å². The Labute approximate surface area is 180 Å². The molecule has 1 N–H and O–H groups in total. The molecule has 0 radical (unpaired) electrons. The predicted molar refractivity (Wildman–Crippen MR) is 117 cm³/mol. The van der Waals surface area contributed by atoms with Crippen LogP contribution in [0.5, 0.6) is 0 Å². The molecule has 3 aromatic rings. The van der Waals surface area contributed by atoms with Gasteiger partial charge in [0, 0.05) is 32.0 Å². The Morgan fingerprint density at radius 2 is 2.03 bits per heavy atom. The molecule has 3 heterocycles. The molecule has 1 saturated heterocycles. The van der Waals surface area contributed by atoms with Crippen molar-refractivity contribution in [2.24, 2.45) is 5.92 Å². The molecule has 1 aliphatic heterocycles. The molecular formula is C23H24N6O2. The number of hydrogen-bond donors (Lipinski definition) is 1. The summed E-state index contributed by atoms with van der Waals surface area (Å²) in [6, 6.07) is 12.3. The Hall–Kier alpha value is -3.70. The van der Waals surface area contributed by atoms with Crippen LogP contribution in [0.1, 0.15) is 22.3 Å². The number of carbonyl (C=O) groups is 1. The van der Waals surface area contributed by atoms with Crippen molar-refractivity contribution in [2.45, 2.75) is 6.42 Å². The first-order valence-electron chi connectivity index (χ1n) is 10.2. The van der Waals surface area contributed by atoms with Gasteiger partial charge in [0.25, 0.3) is 11.5 Å². The molecule has 8 heteroatoms. The monoisotopic (exact) mass is 416 g/mol. The fraction of sp³-hybridized carbons (Fsp3) is 0.304. The molecule has 1 unspecified atom stereocenters. The first kappa shape index (κ1) is 20.6. The van der Waals surface area contributed by atoms with Crippen LogP contribution in [0.15, 0.2) is 53.6 Å². The number of benzene rings is 1. The minimum absolute atomic E-state index is 0.0302. The van der Waals surface area contributed by atoms with Crippen molar-refractivity contribution in [2.75, 3.05) is 33.7 Å². The highest BCUT2D eigenvalue weighted by atomic mass is 16.2. The Bertz CT molecular complexity index is 1170. The molecule has 0 saturated carbocycles. The number of amides is 1. The zero-order valence-electron chi connectivity index (χ0n) is 17.6. The number of carbonyl (C=O) groups excluding carboxylic acids is 1. The Morgan fingerprint density at radius 1 is 1.26 bits per heavy atom. The van der Waals surface area contributed by atoms with E-state index >= 15 is 0 Å². The highest BCUT2D eigenvalue weighted by Crippen LogP contribution is 2.20. The number of nitrogens with one attached hydrogen (secondary N) is 1. The summed E-state index contributed by atoms with van der Waals surface area (Å²) in [5, 5.41) is 11.8. The molecular weight excluding hydrogens is 392 g/mol. The molecule has 2 aromatic heterocycles. The minimum Gasteiger partial charge on any atom is -0.338 e. The first-order valence-corrected chi connectivity index (χ1v) is 10.2. The number of aromatic nitrogens is 3. The van der Waals surface area contributed by atoms with E-state index in [1.807, 2.05) is 19.0 Å². The second kappa shape index (κ2) is 8.58. The van der Waals surface area contributed by atoms with Crippen LogP contribution < -0.4 is 5.56 Å². The molecule has 1 aliphatic rings. The molecule has 4 rings (SSSR count). The molecule has 8 nitrogen and oxygen atoms in total. The molecule has 1 amide bonds. The largest absolute Gasteiger partial charge is 0.338 e. The number of nitriles is 1. The summed E-state index contributed by atoms with van der Waals surface area (Å²) < 4.78 is 1.34. The molecule has 1 aromatic carbocycles. The lowest BCUT2D eigenvalue weighted by Crippen LogP contribution is -2.30. The maximum Gasteiger partial charge on any atom is 0.280 e. The zero-order valence-corrected chi connectivity index (χ0v) is 17.6. The van der Waals surface area contributed by atoms with Gasteiger partial charge in [-0.15, -0.1) is 0 Å². The summed E-state index contributed by atoms with van der Waals surface area (Å²) in [6.45, 7) is 2.48. The molecule has 1 atom stereocenters. The fourth-order valence-corrected chi connectivity index (χ4v) is 3.98. The second-order valence-corrected chi connectivity index (χ2v) is 8.09. The van der Waals surface area contributed by atoms with Gasteiger partial charge in [-0.2, -0.15) is 5.26 Å². The van der Waals surface area contributed by atoms with Crippen molar-refractivity contribution in [3.05, 3.63) is 70.3 Å². The summed E-state index contributed by atoms with van der Waals surface area (Å²) in [7, 11) is 4.09. The number of pyridine rings is 1. The van der Waals surface area contributed by atoms with Crippen LogP contribution in [0.25, 0.3) is 16.9 Å². The molecule has 31 heavy (non-hydrogen) atoms. The van der Waals surface area contributed by atoms with E-state index in [1.54, 1.807) is 42.6 Å². The third kappa shape index (κ3) is 4.27.